The Labute approximate surface area is 289 Å². The SMILES string of the molecule is C=CC(=O)CC1COCC1Nc1ncc2cc(-c3c(Cl)c(OC)cc(OC)c3Cl)c(=O)n(CCC3CN(C(=O)C#CC)CCN3C)c2n1. The number of likely N-dealkylation sites (N-methyl/N-ethyl adjacent to an activating group) is 1. The van der Waals surface area contributed by atoms with Crippen LogP contribution >= 0.6 is 23.2 Å². The third kappa shape index (κ3) is 7.29. The fourth-order valence-corrected chi connectivity index (χ4v) is 6.81. The predicted molar refractivity (Wildman–Crippen MR) is 185 cm³/mol. The largest absolute Gasteiger partial charge is 0.495 e. The first-order chi connectivity index (χ1) is 23.1. The van der Waals surface area contributed by atoms with E-state index in [0.29, 0.717) is 67.7 Å². The molecule has 5 rings (SSSR count). The Bertz CT molecular complexity index is 1830. The summed E-state index contributed by atoms with van der Waals surface area (Å²) in [5.74, 6) is 5.81. The number of hydrogen-bond acceptors (Lipinski definition) is 10. The molecule has 3 unspecified atom stereocenters. The molecule has 48 heavy (non-hydrogen) atoms. The molecule has 1 aromatic carbocycles. The highest BCUT2D eigenvalue weighted by Gasteiger charge is 2.31. The van der Waals surface area contributed by atoms with Gasteiger partial charge >= 0.3 is 0 Å². The number of hydrogen-bond donors (Lipinski definition) is 1. The van der Waals surface area contributed by atoms with Crippen LogP contribution in [-0.4, -0.2) is 102 Å². The van der Waals surface area contributed by atoms with Crippen LogP contribution in [0.5, 0.6) is 11.5 Å². The smallest absolute Gasteiger partial charge is 0.298 e. The van der Waals surface area contributed by atoms with Gasteiger partial charge in [-0.1, -0.05) is 35.7 Å². The van der Waals surface area contributed by atoms with Crippen LogP contribution in [0.4, 0.5) is 5.95 Å². The number of rotatable bonds is 11. The summed E-state index contributed by atoms with van der Waals surface area (Å²) >= 11 is 13.5. The van der Waals surface area contributed by atoms with Crippen LogP contribution in [0.25, 0.3) is 22.2 Å². The monoisotopic (exact) mass is 696 g/mol. The minimum atomic E-state index is -0.381. The van der Waals surface area contributed by atoms with Crippen molar-refractivity contribution in [3.05, 3.63) is 51.4 Å². The number of halogens is 2. The Hall–Kier alpha value is -4.15. The second kappa shape index (κ2) is 15.4. The lowest BCUT2D eigenvalue weighted by Gasteiger charge is -2.38. The third-order valence-electron chi connectivity index (χ3n) is 8.86. The van der Waals surface area contributed by atoms with E-state index in [-0.39, 0.29) is 69.4 Å². The van der Waals surface area contributed by atoms with E-state index in [1.165, 1.54) is 20.3 Å². The summed E-state index contributed by atoms with van der Waals surface area (Å²) in [6, 6.07) is 2.96. The fourth-order valence-electron chi connectivity index (χ4n) is 6.11. The maximum Gasteiger partial charge on any atom is 0.298 e. The number of piperazine rings is 1. The molecular formula is C34H38Cl2N6O6. The maximum absolute atomic E-state index is 14.5. The van der Waals surface area contributed by atoms with Crippen LogP contribution in [0.1, 0.15) is 19.8 Å². The van der Waals surface area contributed by atoms with Gasteiger partial charge in [-0.15, -0.1) is 0 Å². The van der Waals surface area contributed by atoms with Crippen molar-refractivity contribution in [2.75, 3.05) is 59.4 Å². The molecule has 2 aromatic heterocycles. The predicted octanol–water partition coefficient (Wildman–Crippen LogP) is 3.91. The summed E-state index contributed by atoms with van der Waals surface area (Å²) in [6.45, 7) is 7.97. The van der Waals surface area contributed by atoms with Crippen LogP contribution in [-0.2, 0) is 20.9 Å². The van der Waals surface area contributed by atoms with Crippen molar-refractivity contribution in [1.82, 2.24) is 24.3 Å². The van der Waals surface area contributed by atoms with Crippen molar-refractivity contribution < 1.29 is 23.8 Å². The van der Waals surface area contributed by atoms with Crippen LogP contribution in [0.15, 0.2) is 35.8 Å². The Kier molecular flexibility index (Phi) is 11.3. The molecule has 12 nitrogen and oxygen atoms in total. The number of nitrogens with one attached hydrogen (secondary N) is 1. The average molecular weight is 698 g/mol. The minimum absolute atomic E-state index is 0.0470. The second-order valence-corrected chi connectivity index (χ2v) is 12.5. The number of carbonyl (C=O) groups excluding carboxylic acids is 2. The van der Waals surface area contributed by atoms with Gasteiger partial charge < -0.3 is 24.4 Å². The number of carbonyl (C=O) groups is 2. The Balaban J connectivity index is 1.58. The lowest BCUT2D eigenvalue weighted by Crippen LogP contribution is -2.53. The normalized spacial score (nSPS) is 19.5. The molecule has 2 fully saturated rings. The van der Waals surface area contributed by atoms with E-state index >= 15 is 0 Å². The molecule has 3 aromatic rings. The molecule has 1 amide bonds. The summed E-state index contributed by atoms with van der Waals surface area (Å²) < 4.78 is 18.2. The van der Waals surface area contributed by atoms with Gasteiger partial charge in [0.1, 0.15) is 17.1 Å². The Morgan fingerprint density at radius 1 is 1.17 bits per heavy atom. The second-order valence-electron chi connectivity index (χ2n) is 11.7. The molecule has 2 saturated heterocycles. The van der Waals surface area contributed by atoms with Crippen molar-refractivity contribution in [1.29, 1.82) is 0 Å². The van der Waals surface area contributed by atoms with Crippen molar-refractivity contribution >= 4 is 51.9 Å². The topological polar surface area (TPSA) is 128 Å². The number of pyridine rings is 1. The highest BCUT2D eigenvalue weighted by molar-refractivity contribution is 6.41. The average Bonchev–Trinajstić information content (AvgIpc) is 3.51. The number of amides is 1. The van der Waals surface area contributed by atoms with Crippen molar-refractivity contribution in [3.8, 4) is 34.5 Å². The molecule has 1 N–H and O–H groups in total. The minimum Gasteiger partial charge on any atom is -0.495 e. The summed E-state index contributed by atoms with van der Waals surface area (Å²) in [5, 5.41) is 4.19. The van der Waals surface area contributed by atoms with Crippen LogP contribution in [0, 0.1) is 17.8 Å². The third-order valence-corrected chi connectivity index (χ3v) is 9.61. The lowest BCUT2D eigenvalue weighted by molar-refractivity contribution is -0.127. The molecule has 0 spiro atoms. The summed E-state index contributed by atoms with van der Waals surface area (Å²) in [6.07, 6.45) is 3.74. The molecule has 0 aliphatic carbocycles. The van der Waals surface area contributed by atoms with Gasteiger partial charge in [-0.25, -0.2) is 4.98 Å². The van der Waals surface area contributed by atoms with Crippen LogP contribution in [0.3, 0.4) is 0 Å². The van der Waals surface area contributed by atoms with Gasteiger partial charge in [0.25, 0.3) is 11.5 Å². The molecular weight excluding hydrogens is 659 g/mol. The number of ether oxygens (including phenoxy) is 3. The maximum atomic E-state index is 14.5. The molecule has 3 atom stereocenters. The highest BCUT2D eigenvalue weighted by Crippen LogP contribution is 2.45. The zero-order chi connectivity index (χ0) is 34.5. The standard InChI is InChI=1S/C34H38Cl2N6O6/c1-6-8-28(44)41-12-11-40(3)22(17-41)9-10-42-32-20(16-37-34(39-32)38-25-19-48-18-21(25)13-23(43)7-2)14-24(33(42)45)29-30(35)26(46-4)15-27(47-5)31(29)36/h7,14-16,21-22,25H,2,9-13,17-19H2,1,3-5H3,(H,37,38,39). The number of anilines is 1. The van der Waals surface area contributed by atoms with Gasteiger partial charge in [0, 0.05) is 67.8 Å². The van der Waals surface area contributed by atoms with Crippen molar-refractivity contribution in [2.24, 2.45) is 5.92 Å². The van der Waals surface area contributed by atoms with Crippen molar-refractivity contribution in [3.63, 3.8) is 0 Å². The Morgan fingerprint density at radius 3 is 2.56 bits per heavy atom. The van der Waals surface area contributed by atoms with E-state index in [0.717, 1.165) is 0 Å². The molecule has 254 valence electrons. The first-order valence-corrected chi connectivity index (χ1v) is 16.3. The molecule has 14 heteroatoms. The van der Waals surface area contributed by atoms with E-state index in [4.69, 9.17) is 42.4 Å². The zero-order valence-electron chi connectivity index (χ0n) is 27.3. The lowest BCUT2D eigenvalue weighted by atomic mass is 9.97. The first-order valence-electron chi connectivity index (χ1n) is 15.5. The van der Waals surface area contributed by atoms with E-state index < -0.39 is 0 Å². The number of nitrogens with zero attached hydrogens (tertiary/aromatic N) is 5. The Morgan fingerprint density at radius 2 is 1.90 bits per heavy atom. The number of allylic oxidation sites excluding steroid dienone is 1. The zero-order valence-corrected chi connectivity index (χ0v) is 28.9. The molecule has 2 aliphatic rings. The van der Waals surface area contributed by atoms with Gasteiger partial charge in [-0.3, -0.25) is 23.9 Å². The molecule has 0 saturated carbocycles. The van der Waals surface area contributed by atoms with Crippen LogP contribution in [0.2, 0.25) is 10.0 Å². The fraction of sp³-hybridized carbons (Fsp3) is 0.441. The summed E-state index contributed by atoms with van der Waals surface area (Å²) in [5.41, 5.74) is 0.496. The van der Waals surface area contributed by atoms with Gasteiger partial charge in [-0.05, 0) is 38.5 Å². The van der Waals surface area contributed by atoms with Gasteiger partial charge in [0.05, 0.1) is 49.1 Å². The number of methoxy groups -OCH3 is 2. The van der Waals surface area contributed by atoms with E-state index in [1.807, 2.05) is 7.05 Å². The summed E-state index contributed by atoms with van der Waals surface area (Å²) in [4.78, 5) is 52.4. The quantitative estimate of drug-likeness (QED) is 0.233. The van der Waals surface area contributed by atoms with Crippen molar-refractivity contribution in [2.45, 2.75) is 38.4 Å². The van der Waals surface area contributed by atoms with E-state index in [2.05, 4.69) is 33.6 Å². The first kappa shape index (κ1) is 35.2. The number of aryl methyl sites for hydroxylation is 1. The van der Waals surface area contributed by atoms with Gasteiger partial charge in [0.2, 0.25) is 5.95 Å². The van der Waals surface area contributed by atoms with E-state index in [9.17, 15) is 14.4 Å². The van der Waals surface area contributed by atoms with Gasteiger partial charge in [0.15, 0.2) is 5.78 Å². The molecule has 0 radical (unpaired) electrons. The molecule has 0 bridgehead atoms. The number of fused-ring (bicyclic) bond motifs is 1. The number of aromatic nitrogens is 3. The number of ketones is 1. The van der Waals surface area contributed by atoms with Crippen LogP contribution < -0.4 is 20.3 Å². The number of benzene rings is 1. The molecule has 4 heterocycles. The van der Waals surface area contributed by atoms with Gasteiger partial charge in [-0.2, -0.15) is 4.98 Å². The van der Waals surface area contributed by atoms with E-state index in [1.54, 1.807) is 34.7 Å². The summed E-state index contributed by atoms with van der Waals surface area (Å²) in [7, 11) is 4.93. The molecule has 2 aliphatic heterocycles. The highest BCUT2D eigenvalue weighted by atomic mass is 35.5.